The van der Waals surface area contributed by atoms with Crippen molar-refractivity contribution in [1.29, 1.82) is 0 Å². The standard InChI is InChI=1S/C12H26N2O/c1-11(2,3)13-8-9-14-12(10-15)6-4-5-7-12/h13-15H,4-10H2,1-3H3. The van der Waals surface area contributed by atoms with E-state index in [9.17, 15) is 5.11 Å². The average Bonchev–Trinajstić information content (AvgIpc) is 2.60. The molecule has 0 aromatic heterocycles. The predicted molar refractivity (Wildman–Crippen MR) is 64.0 cm³/mol. The van der Waals surface area contributed by atoms with Crippen molar-refractivity contribution in [3.8, 4) is 0 Å². The van der Waals surface area contributed by atoms with Crippen LogP contribution in [0.4, 0.5) is 0 Å². The van der Waals surface area contributed by atoms with Crippen molar-refractivity contribution in [3.63, 3.8) is 0 Å². The van der Waals surface area contributed by atoms with Crippen molar-refractivity contribution in [3.05, 3.63) is 0 Å². The summed E-state index contributed by atoms with van der Waals surface area (Å²) in [5, 5.41) is 16.3. The smallest absolute Gasteiger partial charge is 0.0613 e. The van der Waals surface area contributed by atoms with E-state index in [-0.39, 0.29) is 17.7 Å². The van der Waals surface area contributed by atoms with Gasteiger partial charge in [-0.2, -0.15) is 0 Å². The van der Waals surface area contributed by atoms with Gasteiger partial charge in [-0.25, -0.2) is 0 Å². The lowest BCUT2D eigenvalue weighted by atomic mass is 9.99. The van der Waals surface area contributed by atoms with Crippen LogP contribution >= 0.6 is 0 Å². The second kappa shape index (κ2) is 5.28. The Kier molecular flexibility index (Phi) is 4.56. The molecule has 0 aromatic rings. The highest BCUT2D eigenvalue weighted by Crippen LogP contribution is 2.28. The van der Waals surface area contributed by atoms with Crippen molar-refractivity contribution in [2.24, 2.45) is 0 Å². The molecule has 0 heterocycles. The topological polar surface area (TPSA) is 44.3 Å². The molecule has 0 aromatic carbocycles. The molecule has 15 heavy (non-hydrogen) atoms. The molecule has 1 fully saturated rings. The highest BCUT2D eigenvalue weighted by Gasteiger charge is 2.32. The first kappa shape index (κ1) is 12.9. The van der Waals surface area contributed by atoms with Crippen LogP contribution in [0.1, 0.15) is 46.5 Å². The zero-order valence-corrected chi connectivity index (χ0v) is 10.4. The number of hydrogen-bond acceptors (Lipinski definition) is 3. The molecule has 90 valence electrons. The second-order valence-corrected chi connectivity index (χ2v) is 5.75. The Labute approximate surface area is 93.6 Å². The van der Waals surface area contributed by atoms with E-state index in [2.05, 4.69) is 31.4 Å². The fourth-order valence-electron chi connectivity index (χ4n) is 2.21. The monoisotopic (exact) mass is 214 g/mol. The third-order valence-corrected chi connectivity index (χ3v) is 3.14. The quantitative estimate of drug-likeness (QED) is 0.604. The van der Waals surface area contributed by atoms with Gasteiger partial charge in [0.05, 0.1) is 6.61 Å². The minimum Gasteiger partial charge on any atom is -0.394 e. The summed E-state index contributed by atoms with van der Waals surface area (Å²) in [6, 6.07) is 0. The molecule has 1 aliphatic rings. The van der Waals surface area contributed by atoms with E-state index in [1.165, 1.54) is 12.8 Å². The maximum atomic E-state index is 9.39. The molecule has 1 aliphatic carbocycles. The fourth-order valence-corrected chi connectivity index (χ4v) is 2.21. The Bertz CT molecular complexity index is 181. The van der Waals surface area contributed by atoms with Gasteiger partial charge in [-0.15, -0.1) is 0 Å². The first-order chi connectivity index (χ1) is 6.97. The van der Waals surface area contributed by atoms with E-state index >= 15 is 0 Å². The summed E-state index contributed by atoms with van der Waals surface area (Å²) in [6.07, 6.45) is 4.75. The lowest BCUT2D eigenvalue weighted by Gasteiger charge is -2.29. The zero-order chi connectivity index (χ0) is 11.4. The van der Waals surface area contributed by atoms with Gasteiger partial charge in [-0.3, -0.25) is 0 Å². The van der Waals surface area contributed by atoms with Crippen molar-refractivity contribution in [1.82, 2.24) is 10.6 Å². The van der Waals surface area contributed by atoms with Crippen LogP contribution in [0.3, 0.4) is 0 Å². The van der Waals surface area contributed by atoms with E-state index in [0.717, 1.165) is 25.9 Å². The van der Waals surface area contributed by atoms with Gasteiger partial charge in [0.25, 0.3) is 0 Å². The molecule has 0 unspecified atom stereocenters. The number of nitrogens with one attached hydrogen (secondary N) is 2. The lowest BCUT2D eigenvalue weighted by Crippen LogP contribution is -2.50. The van der Waals surface area contributed by atoms with Gasteiger partial charge < -0.3 is 15.7 Å². The van der Waals surface area contributed by atoms with E-state index in [4.69, 9.17) is 0 Å². The van der Waals surface area contributed by atoms with Gasteiger partial charge in [0.2, 0.25) is 0 Å². The van der Waals surface area contributed by atoms with Gasteiger partial charge in [-0.05, 0) is 33.6 Å². The summed E-state index contributed by atoms with van der Waals surface area (Å²) in [6.45, 7) is 8.70. The summed E-state index contributed by atoms with van der Waals surface area (Å²) < 4.78 is 0. The molecule has 3 nitrogen and oxygen atoms in total. The molecule has 0 atom stereocenters. The molecular weight excluding hydrogens is 188 g/mol. The Morgan fingerprint density at radius 1 is 1.13 bits per heavy atom. The maximum Gasteiger partial charge on any atom is 0.0613 e. The summed E-state index contributed by atoms with van der Waals surface area (Å²) in [5.41, 5.74) is 0.212. The van der Waals surface area contributed by atoms with Crippen LogP contribution in [0.25, 0.3) is 0 Å². The van der Waals surface area contributed by atoms with Crippen LogP contribution in [0.15, 0.2) is 0 Å². The van der Waals surface area contributed by atoms with Crippen LogP contribution in [0.2, 0.25) is 0 Å². The Hall–Kier alpha value is -0.120. The van der Waals surface area contributed by atoms with Gasteiger partial charge >= 0.3 is 0 Å². The normalized spacial score (nSPS) is 20.8. The van der Waals surface area contributed by atoms with Crippen molar-refractivity contribution in [2.45, 2.75) is 57.5 Å². The van der Waals surface area contributed by atoms with Crippen molar-refractivity contribution in [2.75, 3.05) is 19.7 Å². The molecule has 0 radical (unpaired) electrons. The van der Waals surface area contributed by atoms with Gasteiger partial charge in [0.1, 0.15) is 0 Å². The molecule has 3 heteroatoms. The first-order valence-corrected chi connectivity index (χ1v) is 6.08. The molecule has 0 saturated heterocycles. The molecule has 0 aliphatic heterocycles. The third-order valence-electron chi connectivity index (χ3n) is 3.14. The van der Waals surface area contributed by atoms with Crippen LogP contribution in [-0.2, 0) is 0 Å². The minimum absolute atomic E-state index is 0.0273. The molecule has 1 rings (SSSR count). The average molecular weight is 214 g/mol. The molecule has 0 bridgehead atoms. The van der Waals surface area contributed by atoms with E-state index in [1.807, 2.05) is 0 Å². The molecule has 0 spiro atoms. The van der Waals surface area contributed by atoms with Gasteiger partial charge in [0.15, 0.2) is 0 Å². The molecule has 3 N–H and O–H groups in total. The predicted octanol–water partition coefficient (Wildman–Crippen LogP) is 1.27. The van der Waals surface area contributed by atoms with Crippen LogP contribution < -0.4 is 10.6 Å². The van der Waals surface area contributed by atoms with Gasteiger partial charge in [0, 0.05) is 24.2 Å². The molecule has 1 saturated carbocycles. The van der Waals surface area contributed by atoms with Crippen LogP contribution in [0.5, 0.6) is 0 Å². The first-order valence-electron chi connectivity index (χ1n) is 6.08. The van der Waals surface area contributed by atoms with Gasteiger partial charge in [-0.1, -0.05) is 12.8 Å². The SMILES string of the molecule is CC(C)(C)NCCNC1(CO)CCCC1. The highest BCUT2D eigenvalue weighted by molar-refractivity contribution is 4.92. The third kappa shape index (κ3) is 4.49. The number of aliphatic hydroxyl groups is 1. The zero-order valence-electron chi connectivity index (χ0n) is 10.4. The molecule has 0 amide bonds. The minimum atomic E-state index is 0.0273. The van der Waals surface area contributed by atoms with Crippen LogP contribution in [0, 0.1) is 0 Å². The summed E-state index contributed by atoms with van der Waals surface area (Å²) in [4.78, 5) is 0. The Morgan fingerprint density at radius 2 is 1.73 bits per heavy atom. The Balaban J connectivity index is 2.18. The van der Waals surface area contributed by atoms with Crippen molar-refractivity contribution >= 4 is 0 Å². The maximum absolute atomic E-state index is 9.39. The van der Waals surface area contributed by atoms with E-state index < -0.39 is 0 Å². The summed E-state index contributed by atoms with van der Waals surface area (Å²) >= 11 is 0. The lowest BCUT2D eigenvalue weighted by molar-refractivity contribution is 0.164. The fraction of sp³-hybridized carbons (Fsp3) is 1.00. The second-order valence-electron chi connectivity index (χ2n) is 5.75. The van der Waals surface area contributed by atoms with E-state index in [0.29, 0.717) is 0 Å². The molecular formula is C12H26N2O. The summed E-state index contributed by atoms with van der Waals surface area (Å²) in [7, 11) is 0. The Morgan fingerprint density at radius 3 is 2.20 bits per heavy atom. The van der Waals surface area contributed by atoms with E-state index in [1.54, 1.807) is 0 Å². The highest BCUT2D eigenvalue weighted by atomic mass is 16.3. The van der Waals surface area contributed by atoms with Crippen LogP contribution in [-0.4, -0.2) is 35.9 Å². The number of aliphatic hydroxyl groups excluding tert-OH is 1. The number of rotatable bonds is 5. The number of hydrogen-bond donors (Lipinski definition) is 3. The largest absolute Gasteiger partial charge is 0.394 e. The summed E-state index contributed by atoms with van der Waals surface area (Å²) in [5.74, 6) is 0. The van der Waals surface area contributed by atoms with Crippen molar-refractivity contribution < 1.29 is 5.11 Å².